The zero-order valence-electron chi connectivity index (χ0n) is 14.8. The highest BCUT2D eigenvalue weighted by atomic mass is 16.2. The highest BCUT2D eigenvalue weighted by molar-refractivity contribution is 6.09. The summed E-state index contributed by atoms with van der Waals surface area (Å²) in [6.07, 6.45) is 0. The number of benzene rings is 3. The molecular weight excluding hydrogens is 324 g/mol. The molecule has 3 aromatic rings. The Bertz CT molecular complexity index is 1000. The summed E-state index contributed by atoms with van der Waals surface area (Å²) in [7, 11) is 0. The maximum absolute atomic E-state index is 13.2. The van der Waals surface area contributed by atoms with Crippen molar-refractivity contribution in [2.75, 3.05) is 0 Å². The molecule has 4 heteroatoms. The van der Waals surface area contributed by atoms with Gasteiger partial charge in [-0.3, -0.25) is 9.69 Å². The lowest BCUT2D eigenvalue weighted by molar-refractivity contribution is -0.131. The van der Waals surface area contributed by atoms with E-state index >= 15 is 0 Å². The first-order valence-corrected chi connectivity index (χ1v) is 8.67. The van der Waals surface area contributed by atoms with Gasteiger partial charge in [0.2, 0.25) is 0 Å². The van der Waals surface area contributed by atoms with Gasteiger partial charge in [-0.2, -0.15) is 0 Å². The van der Waals surface area contributed by atoms with Gasteiger partial charge in [-0.05, 0) is 35.7 Å². The number of rotatable bonds is 3. The Morgan fingerprint density at radius 1 is 0.923 bits per heavy atom. The molecule has 1 N–H and O–H groups in total. The quantitative estimate of drug-likeness (QED) is 0.727. The lowest BCUT2D eigenvalue weighted by Crippen LogP contribution is -2.41. The zero-order chi connectivity index (χ0) is 18.3. The number of carbonyl (C=O) groups excluding carboxylic acids is 2. The highest BCUT2D eigenvalue weighted by Crippen LogP contribution is 2.34. The second-order valence-electron chi connectivity index (χ2n) is 6.96. The molecule has 1 heterocycles. The number of fused-ring (bicyclic) bond motifs is 1. The average molecular weight is 344 g/mol. The molecule has 3 amide bonds. The van der Waals surface area contributed by atoms with E-state index in [0.29, 0.717) is 0 Å². The van der Waals surface area contributed by atoms with Gasteiger partial charge < -0.3 is 5.32 Å². The molecule has 0 bridgehead atoms. The Morgan fingerprint density at radius 3 is 2.38 bits per heavy atom. The fourth-order valence-corrected chi connectivity index (χ4v) is 3.56. The van der Waals surface area contributed by atoms with Crippen molar-refractivity contribution in [3.8, 4) is 0 Å². The van der Waals surface area contributed by atoms with Crippen molar-refractivity contribution in [3.05, 3.63) is 83.4 Å². The minimum atomic E-state index is -1.07. The molecule has 3 aromatic carbocycles. The van der Waals surface area contributed by atoms with Gasteiger partial charge in [0.05, 0.1) is 6.54 Å². The number of amides is 3. The smallest absolute Gasteiger partial charge is 0.319 e. The summed E-state index contributed by atoms with van der Waals surface area (Å²) in [6.45, 7) is 4.06. The third kappa shape index (κ3) is 2.54. The molecule has 1 fully saturated rings. The van der Waals surface area contributed by atoms with E-state index < -0.39 is 5.54 Å². The average Bonchev–Trinajstić information content (AvgIpc) is 2.87. The van der Waals surface area contributed by atoms with Crippen molar-refractivity contribution in [1.29, 1.82) is 0 Å². The predicted octanol–water partition coefficient (Wildman–Crippen LogP) is 4.12. The van der Waals surface area contributed by atoms with Crippen LogP contribution in [0.25, 0.3) is 10.8 Å². The van der Waals surface area contributed by atoms with Crippen LogP contribution in [-0.2, 0) is 16.9 Å². The van der Waals surface area contributed by atoms with Crippen LogP contribution in [0.5, 0.6) is 0 Å². The third-order valence-corrected chi connectivity index (χ3v) is 5.06. The van der Waals surface area contributed by atoms with Gasteiger partial charge in [-0.15, -0.1) is 0 Å². The van der Waals surface area contributed by atoms with Crippen molar-refractivity contribution in [2.24, 2.45) is 0 Å². The second kappa shape index (κ2) is 5.99. The number of hydrogen-bond acceptors (Lipinski definition) is 2. The molecule has 0 aromatic heterocycles. The molecule has 130 valence electrons. The Labute approximate surface area is 152 Å². The van der Waals surface area contributed by atoms with Crippen LogP contribution in [0.15, 0.2) is 66.7 Å². The number of nitrogens with one attached hydrogen (secondary N) is 1. The third-order valence-electron chi connectivity index (χ3n) is 5.06. The van der Waals surface area contributed by atoms with E-state index in [4.69, 9.17) is 0 Å². The summed E-state index contributed by atoms with van der Waals surface area (Å²) in [4.78, 5) is 27.1. The lowest BCUT2D eigenvalue weighted by Gasteiger charge is -2.24. The Balaban J connectivity index is 1.72. The number of imide groups is 1. The Morgan fingerprint density at radius 2 is 1.62 bits per heavy atom. The van der Waals surface area contributed by atoms with E-state index in [9.17, 15) is 9.59 Å². The molecular formula is C22H20N2O2. The molecule has 0 radical (unpaired) electrons. The summed E-state index contributed by atoms with van der Waals surface area (Å²) >= 11 is 0. The van der Waals surface area contributed by atoms with E-state index in [0.717, 1.165) is 27.5 Å². The van der Waals surface area contributed by atoms with Crippen LogP contribution in [0.1, 0.15) is 23.6 Å². The first-order valence-electron chi connectivity index (χ1n) is 8.67. The molecule has 4 rings (SSSR count). The van der Waals surface area contributed by atoms with E-state index in [-0.39, 0.29) is 18.5 Å². The number of aryl methyl sites for hydroxylation is 1. The van der Waals surface area contributed by atoms with Crippen molar-refractivity contribution in [3.63, 3.8) is 0 Å². The fraction of sp³-hybridized carbons (Fsp3) is 0.182. The van der Waals surface area contributed by atoms with Crippen LogP contribution < -0.4 is 5.32 Å². The van der Waals surface area contributed by atoms with Crippen LogP contribution in [0.4, 0.5) is 4.79 Å². The van der Waals surface area contributed by atoms with Gasteiger partial charge in [0.25, 0.3) is 5.91 Å². The summed E-state index contributed by atoms with van der Waals surface area (Å²) < 4.78 is 0. The van der Waals surface area contributed by atoms with Gasteiger partial charge >= 0.3 is 6.03 Å². The maximum atomic E-state index is 13.2. The topological polar surface area (TPSA) is 49.4 Å². The van der Waals surface area contributed by atoms with Gasteiger partial charge in [-0.1, -0.05) is 72.3 Å². The molecule has 1 atom stereocenters. The van der Waals surface area contributed by atoms with Crippen molar-refractivity contribution < 1.29 is 9.59 Å². The second-order valence-corrected chi connectivity index (χ2v) is 6.96. The van der Waals surface area contributed by atoms with Gasteiger partial charge in [0, 0.05) is 0 Å². The molecule has 0 unspecified atom stereocenters. The normalized spacial score (nSPS) is 19.8. The SMILES string of the molecule is Cc1ccc(CN2C(=O)N[C@](C)(c3cccc4ccccc34)C2=O)cc1. The summed E-state index contributed by atoms with van der Waals surface area (Å²) in [5.74, 6) is -0.223. The van der Waals surface area contributed by atoms with E-state index in [1.807, 2.05) is 73.7 Å². The standard InChI is InChI=1S/C22H20N2O2/c1-15-10-12-16(13-11-15)14-24-20(25)22(2,23-21(24)26)19-9-5-7-17-6-3-4-8-18(17)19/h3-13H,14H2,1-2H3,(H,23,26)/t22-/m1/s1. The molecule has 0 saturated carbocycles. The largest absolute Gasteiger partial charge is 0.325 e. The number of nitrogens with zero attached hydrogens (tertiary/aromatic N) is 1. The van der Waals surface area contributed by atoms with Crippen LogP contribution in [0, 0.1) is 6.92 Å². The molecule has 1 aliphatic rings. The van der Waals surface area contributed by atoms with Crippen molar-refractivity contribution in [2.45, 2.75) is 25.9 Å². The van der Waals surface area contributed by atoms with Gasteiger partial charge in [0.15, 0.2) is 0 Å². The predicted molar refractivity (Wildman–Crippen MR) is 102 cm³/mol. The fourth-order valence-electron chi connectivity index (χ4n) is 3.56. The Kier molecular flexibility index (Phi) is 3.76. The molecule has 1 saturated heterocycles. The monoisotopic (exact) mass is 344 g/mol. The number of hydrogen-bond donors (Lipinski definition) is 1. The molecule has 26 heavy (non-hydrogen) atoms. The minimum absolute atomic E-state index is 0.223. The highest BCUT2D eigenvalue weighted by Gasteiger charge is 2.49. The first kappa shape index (κ1) is 16.3. The van der Waals surface area contributed by atoms with E-state index in [1.165, 1.54) is 4.90 Å². The summed E-state index contributed by atoms with van der Waals surface area (Å²) in [5.41, 5.74) is 1.83. The van der Waals surface area contributed by atoms with E-state index in [2.05, 4.69) is 5.32 Å². The molecule has 1 aliphatic heterocycles. The van der Waals surface area contributed by atoms with Crippen LogP contribution >= 0.6 is 0 Å². The molecule has 0 spiro atoms. The van der Waals surface area contributed by atoms with Gasteiger partial charge in [-0.25, -0.2) is 4.79 Å². The molecule has 0 aliphatic carbocycles. The summed E-state index contributed by atoms with van der Waals surface area (Å²) in [6, 6.07) is 21.3. The van der Waals surface area contributed by atoms with E-state index in [1.54, 1.807) is 6.92 Å². The zero-order valence-corrected chi connectivity index (χ0v) is 14.8. The Hall–Kier alpha value is -3.14. The number of urea groups is 1. The maximum Gasteiger partial charge on any atom is 0.325 e. The van der Waals surface area contributed by atoms with Crippen LogP contribution in [-0.4, -0.2) is 16.8 Å². The number of carbonyl (C=O) groups is 2. The van der Waals surface area contributed by atoms with Crippen molar-refractivity contribution in [1.82, 2.24) is 10.2 Å². The lowest BCUT2D eigenvalue weighted by atomic mass is 9.88. The van der Waals surface area contributed by atoms with Gasteiger partial charge in [0.1, 0.15) is 5.54 Å². The first-order chi connectivity index (χ1) is 12.5. The summed E-state index contributed by atoms with van der Waals surface area (Å²) in [5, 5.41) is 4.93. The minimum Gasteiger partial charge on any atom is -0.319 e. The van der Waals surface area contributed by atoms with Crippen LogP contribution in [0.2, 0.25) is 0 Å². The van der Waals surface area contributed by atoms with Crippen LogP contribution in [0.3, 0.4) is 0 Å². The molecule has 4 nitrogen and oxygen atoms in total. The van der Waals surface area contributed by atoms with Crippen molar-refractivity contribution >= 4 is 22.7 Å².